The maximum absolute atomic E-state index is 8.85. The Balaban J connectivity index is 1.81. The van der Waals surface area contributed by atoms with Crippen LogP contribution in [0.15, 0.2) is 18.3 Å². The van der Waals surface area contributed by atoms with E-state index in [0.29, 0.717) is 17.6 Å². The third-order valence-corrected chi connectivity index (χ3v) is 4.85. The number of piperidine rings is 1. The Labute approximate surface area is 115 Å². The summed E-state index contributed by atoms with van der Waals surface area (Å²) in [6.45, 7) is 4.69. The number of nitriles is 1. The quantitative estimate of drug-likeness (QED) is 0.813. The van der Waals surface area contributed by atoms with E-state index in [2.05, 4.69) is 29.8 Å². The topological polar surface area (TPSA) is 39.9 Å². The zero-order chi connectivity index (χ0) is 13.4. The van der Waals surface area contributed by atoms with E-state index in [1.54, 1.807) is 6.20 Å². The predicted molar refractivity (Wildman–Crippen MR) is 75.8 cm³/mol. The number of hydrogen-bond donors (Lipinski definition) is 0. The van der Waals surface area contributed by atoms with E-state index in [0.717, 1.165) is 17.7 Å². The molecule has 0 saturated carbocycles. The van der Waals surface area contributed by atoms with E-state index in [-0.39, 0.29) is 0 Å². The van der Waals surface area contributed by atoms with Crippen LogP contribution in [0.1, 0.15) is 45.1 Å². The van der Waals surface area contributed by atoms with Gasteiger partial charge in [-0.05, 0) is 49.7 Å². The molecule has 2 saturated heterocycles. The number of rotatable bonds is 2. The fourth-order valence-electron chi connectivity index (χ4n) is 3.74. The zero-order valence-electron chi connectivity index (χ0n) is 11.7. The lowest BCUT2D eigenvalue weighted by Crippen LogP contribution is -2.44. The van der Waals surface area contributed by atoms with Crippen LogP contribution in [-0.4, -0.2) is 17.1 Å². The highest BCUT2D eigenvalue weighted by Crippen LogP contribution is 2.43. The molecule has 100 valence electrons. The molecule has 3 heterocycles. The van der Waals surface area contributed by atoms with Gasteiger partial charge in [0, 0.05) is 18.3 Å². The van der Waals surface area contributed by atoms with Crippen molar-refractivity contribution in [2.45, 2.75) is 51.6 Å². The second kappa shape index (κ2) is 4.85. The molecule has 2 atom stereocenters. The molecule has 0 amide bonds. The molecule has 1 aromatic rings. The molecule has 2 aliphatic rings. The molecule has 0 radical (unpaired) electrons. The van der Waals surface area contributed by atoms with Crippen LogP contribution in [0.2, 0.25) is 0 Å². The fourth-order valence-corrected chi connectivity index (χ4v) is 3.74. The van der Waals surface area contributed by atoms with Crippen LogP contribution in [-0.2, 0) is 0 Å². The van der Waals surface area contributed by atoms with Crippen LogP contribution in [0.3, 0.4) is 0 Å². The number of hydrogen-bond acceptors (Lipinski definition) is 3. The molecule has 0 N–H and O–H groups in total. The molecule has 3 rings (SSSR count). The highest BCUT2D eigenvalue weighted by molar-refractivity contribution is 5.46. The molecule has 0 aliphatic carbocycles. The average Bonchev–Trinajstić information content (AvgIpc) is 2.68. The van der Waals surface area contributed by atoms with E-state index < -0.39 is 0 Å². The molecule has 0 spiro atoms. The molecule has 19 heavy (non-hydrogen) atoms. The summed E-state index contributed by atoms with van der Waals surface area (Å²) < 4.78 is 0. The van der Waals surface area contributed by atoms with E-state index in [1.807, 2.05) is 12.1 Å². The summed E-state index contributed by atoms with van der Waals surface area (Å²) in [4.78, 5) is 7.00. The Hall–Kier alpha value is -1.56. The van der Waals surface area contributed by atoms with Crippen molar-refractivity contribution in [1.82, 2.24) is 4.98 Å². The lowest BCUT2D eigenvalue weighted by atomic mass is 9.82. The van der Waals surface area contributed by atoms with Crippen molar-refractivity contribution in [2.75, 3.05) is 4.90 Å². The van der Waals surface area contributed by atoms with E-state index >= 15 is 0 Å². The minimum Gasteiger partial charge on any atom is -0.351 e. The van der Waals surface area contributed by atoms with Crippen molar-refractivity contribution in [3.05, 3.63) is 23.9 Å². The molecule has 3 heteroatoms. The second-order valence-electron chi connectivity index (χ2n) is 6.28. The molecule has 2 unspecified atom stereocenters. The number of pyridine rings is 1. The van der Waals surface area contributed by atoms with Gasteiger partial charge in [0.15, 0.2) is 0 Å². The van der Waals surface area contributed by atoms with Gasteiger partial charge in [0.1, 0.15) is 11.9 Å². The Morgan fingerprint density at radius 2 is 1.95 bits per heavy atom. The second-order valence-corrected chi connectivity index (χ2v) is 6.28. The third kappa shape index (κ3) is 2.20. The molecule has 0 aromatic carbocycles. The Morgan fingerprint density at radius 3 is 2.42 bits per heavy atom. The van der Waals surface area contributed by atoms with Crippen LogP contribution in [0, 0.1) is 23.2 Å². The predicted octanol–water partition coefficient (Wildman–Crippen LogP) is 3.36. The first-order valence-corrected chi connectivity index (χ1v) is 7.33. The van der Waals surface area contributed by atoms with Crippen LogP contribution in [0.5, 0.6) is 0 Å². The van der Waals surface area contributed by atoms with Crippen molar-refractivity contribution < 1.29 is 0 Å². The van der Waals surface area contributed by atoms with E-state index in [9.17, 15) is 0 Å². The number of anilines is 1. The van der Waals surface area contributed by atoms with Gasteiger partial charge >= 0.3 is 0 Å². The lowest BCUT2D eigenvalue weighted by molar-refractivity contribution is 0.267. The highest BCUT2D eigenvalue weighted by Gasteiger charge is 2.41. The maximum Gasteiger partial charge on any atom is 0.129 e. The van der Waals surface area contributed by atoms with Crippen molar-refractivity contribution in [3.63, 3.8) is 0 Å². The normalized spacial score (nSPS) is 29.6. The smallest absolute Gasteiger partial charge is 0.129 e. The van der Waals surface area contributed by atoms with Gasteiger partial charge in [0.2, 0.25) is 0 Å². The monoisotopic (exact) mass is 255 g/mol. The van der Waals surface area contributed by atoms with Gasteiger partial charge in [0.25, 0.3) is 0 Å². The van der Waals surface area contributed by atoms with Gasteiger partial charge < -0.3 is 4.90 Å². The summed E-state index contributed by atoms with van der Waals surface area (Å²) in [5.41, 5.74) is 0.646. The Bertz CT molecular complexity index is 472. The van der Waals surface area contributed by atoms with Crippen molar-refractivity contribution in [1.29, 1.82) is 5.26 Å². The summed E-state index contributed by atoms with van der Waals surface area (Å²) in [6.07, 6.45) is 6.90. The standard InChI is InChI=1S/C16H21N3/c1-11(2)13-7-14-4-5-15(8-13)19(14)16-6-3-12(9-17)10-18-16/h3,6,10-11,13-15H,4-5,7-8H2,1-2H3. The Morgan fingerprint density at radius 1 is 1.26 bits per heavy atom. The van der Waals surface area contributed by atoms with Gasteiger partial charge in [-0.25, -0.2) is 4.98 Å². The summed E-state index contributed by atoms with van der Waals surface area (Å²) in [5.74, 6) is 2.72. The van der Waals surface area contributed by atoms with Crippen LogP contribution in [0.4, 0.5) is 5.82 Å². The maximum atomic E-state index is 8.85. The van der Waals surface area contributed by atoms with Gasteiger partial charge in [-0.3, -0.25) is 0 Å². The van der Waals surface area contributed by atoms with Crippen molar-refractivity contribution in [3.8, 4) is 6.07 Å². The molecular weight excluding hydrogens is 234 g/mol. The SMILES string of the molecule is CC(C)C1CC2CCC(C1)N2c1ccc(C#N)cn1. The van der Waals surface area contributed by atoms with E-state index in [4.69, 9.17) is 5.26 Å². The summed E-state index contributed by atoms with van der Waals surface area (Å²) in [6, 6.07) is 7.35. The lowest BCUT2D eigenvalue weighted by Gasteiger charge is -2.41. The number of fused-ring (bicyclic) bond motifs is 2. The summed E-state index contributed by atoms with van der Waals surface area (Å²) in [5, 5.41) is 8.85. The van der Waals surface area contributed by atoms with Crippen LogP contribution >= 0.6 is 0 Å². The Kier molecular flexibility index (Phi) is 3.18. The average molecular weight is 255 g/mol. The molecule has 1 aromatic heterocycles. The van der Waals surface area contributed by atoms with Crippen LogP contribution in [0.25, 0.3) is 0 Å². The van der Waals surface area contributed by atoms with Gasteiger partial charge in [-0.15, -0.1) is 0 Å². The molecule has 2 aliphatic heterocycles. The van der Waals surface area contributed by atoms with Crippen molar-refractivity contribution >= 4 is 5.82 Å². The van der Waals surface area contributed by atoms with Gasteiger partial charge in [-0.2, -0.15) is 5.26 Å². The first kappa shape index (κ1) is 12.5. The minimum atomic E-state index is 0.646. The molecule has 3 nitrogen and oxygen atoms in total. The first-order valence-electron chi connectivity index (χ1n) is 7.33. The van der Waals surface area contributed by atoms with Crippen LogP contribution < -0.4 is 4.90 Å². The van der Waals surface area contributed by atoms with Gasteiger partial charge in [-0.1, -0.05) is 13.8 Å². The summed E-state index contributed by atoms with van der Waals surface area (Å²) in [7, 11) is 0. The summed E-state index contributed by atoms with van der Waals surface area (Å²) >= 11 is 0. The largest absolute Gasteiger partial charge is 0.351 e. The van der Waals surface area contributed by atoms with Gasteiger partial charge in [0.05, 0.1) is 5.56 Å². The van der Waals surface area contributed by atoms with E-state index in [1.165, 1.54) is 25.7 Å². The number of nitrogens with zero attached hydrogens (tertiary/aromatic N) is 3. The third-order valence-electron chi connectivity index (χ3n) is 4.85. The fraction of sp³-hybridized carbons (Fsp3) is 0.625. The molecule has 2 fully saturated rings. The molecular formula is C16H21N3. The minimum absolute atomic E-state index is 0.646. The highest BCUT2D eigenvalue weighted by atomic mass is 15.3. The first-order chi connectivity index (χ1) is 9.19. The number of aromatic nitrogens is 1. The zero-order valence-corrected chi connectivity index (χ0v) is 11.7. The molecule has 2 bridgehead atoms. The van der Waals surface area contributed by atoms with Crippen molar-refractivity contribution in [2.24, 2.45) is 11.8 Å².